The fraction of sp³-hybridized carbons (Fsp3) is 0.100. The van der Waals surface area contributed by atoms with E-state index in [4.69, 9.17) is 9.47 Å². The third-order valence-electron chi connectivity index (χ3n) is 2.25. The predicted octanol–water partition coefficient (Wildman–Crippen LogP) is 0.808. The Labute approximate surface area is 90.4 Å². The highest BCUT2D eigenvalue weighted by molar-refractivity contribution is 5.70. The van der Waals surface area contributed by atoms with Crippen molar-refractivity contribution in [3.05, 3.63) is 30.1 Å². The fourth-order valence-corrected chi connectivity index (χ4v) is 1.48. The molecule has 1 aliphatic heterocycles. The Balaban J connectivity index is 2.03. The molecule has 0 atom stereocenters. The van der Waals surface area contributed by atoms with Crippen molar-refractivity contribution in [3.8, 4) is 17.2 Å². The van der Waals surface area contributed by atoms with Gasteiger partial charge in [-0.3, -0.25) is 4.79 Å². The number of benzene rings is 1. The fourth-order valence-electron chi connectivity index (χ4n) is 1.48. The molecule has 0 saturated heterocycles. The first-order valence-corrected chi connectivity index (χ1v) is 4.64. The van der Waals surface area contributed by atoms with Crippen LogP contribution in [0.3, 0.4) is 0 Å². The van der Waals surface area contributed by atoms with E-state index in [0.717, 1.165) is 5.69 Å². The van der Waals surface area contributed by atoms with Gasteiger partial charge < -0.3 is 9.47 Å². The molecule has 2 heterocycles. The van der Waals surface area contributed by atoms with Gasteiger partial charge in [-0.05, 0) is 12.1 Å². The van der Waals surface area contributed by atoms with Crippen molar-refractivity contribution in [1.82, 2.24) is 15.0 Å². The second kappa shape index (κ2) is 3.34. The molecule has 0 fully saturated rings. The van der Waals surface area contributed by atoms with Crippen LogP contribution >= 0.6 is 0 Å². The highest BCUT2D eigenvalue weighted by Gasteiger charge is 2.14. The largest absolute Gasteiger partial charge is 0.454 e. The maximum Gasteiger partial charge on any atom is 0.231 e. The van der Waals surface area contributed by atoms with Crippen molar-refractivity contribution in [3.63, 3.8) is 0 Å². The number of carbonyl (C=O) groups excluding carboxylic acids is 1. The van der Waals surface area contributed by atoms with Crippen molar-refractivity contribution in [2.45, 2.75) is 0 Å². The molecule has 2 aromatic rings. The Hall–Kier alpha value is -2.37. The number of hydrogen-bond acceptors (Lipinski definition) is 5. The maximum atomic E-state index is 10.5. The molecule has 80 valence electrons. The van der Waals surface area contributed by atoms with Crippen molar-refractivity contribution < 1.29 is 14.3 Å². The van der Waals surface area contributed by atoms with Crippen LogP contribution in [-0.4, -0.2) is 28.1 Å². The van der Waals surface area contributed by atoms with Gasteiger partial charge in [-0.2, -0.15) is 0 Å². The average molecular weight is 217 g/mol. The number of carbonyl (C=O) groups is 1. The first-order valence-electron chi connectivity index (χ1n) is 4.64. The highest BCUT2D eigenvalue weighted by atomic mass is 16.7. The Morgan fingerprint density at radius 2 is 2.19 bits per heavy atom. The van der Waals surface area contributed by atoms with Crippen molar-refractivity contribution >= 4 is 6.29 Å². The Morgan fingerprint density at radius 1 is 1.31 bits per heavy atom. The minimum Gasteiger partial charge on any atom is -0.454 e. The second-order valence-electron chi connectivity index (χ2n) is 3.24. The number of hydrogen-bond donors (Lipinski definition) is 0. The summed E-state index contributed by atoms with van der Waals surface area (Å²) in [6.07, 6.45) is 2.20. The van der Waals surface area contributed by atoms with E-state index in [1.54, 1.807) is 18.3 Å². The summed E-state index contributed by atoms with van der Waals surface area (Å²) in [6.45, 7) is 0.232. The lowest BCUT2D eigenvalue weighted by Crippen LogP contribution is -1.94. The third kappa shape index (κ3) is 1.31. The van der Waals surface area contributed by atoms with Crippen LogP contribution in [0.25, 0.3) is 5.69 Å². The number of fused-ring (bicyclic) bond motifs is 1. The molecule has 6 nitrogen and oxygen atoms in total. The number of rotatable bonds is 2. The summed E-state index contributed by atoms with van der Waals surface area (Å²) in [5.74, 6) is 1.38. The zero-order valence-electron chi connectivity index (χ0n) is 8.16. The molecule has 0 N–H and O–H groups in total. The normalized spacial score (nSPS) is 12.8. The number of ether oxygens (including phenoxy) is 2. The number of aromatic nitrogens is 3. The van der Waals surface area contributed by atoms with Gasteiger partial charge in [0.2, 0.25) is 6.79 Å². The molecular weight excluding hydrogens is 210 g/mol. The van der Waals surface area contributed by atoms with Crippen molar-refractivity contribution in [2.75, 3.05) is 6.79 Å². The molecule has 1 aromatic carbocycles. The summed E-state index contributed by atoms with van der Waals surface area (Å²) < 4.78 is 11.9. The van der Waals surface area contributed by atoms with Crippen LogP contribution in [0.2, 0.25) is 0 Å². The topological polar surface area (TPSA) is 66.2 Å². The summed E-state index contributed by atoms with van der Waals surface area (Å²) in [4.78, 5) is 10.5. The molecule has 0 radical (unpaired) electrons. The molecule has 0 bridgehead atoms. The summed E-state index contributed by atoms with van der Waals surface area (Å²) >= 11 is 0. The van der Waals surface area contributed by atoms with Crippen LogP contribution in [-0.2, 0) is 0 Å². The first-order chi connectivity index (χ1) is 7.86. The molecule has 0 saturated carbocycles. The van der Waals surface area contributed by atoms with Crippen LogP contribution < -0.4 is 9.47 Å². The van der Waals surface area contributed by atoms with Gasteiger partial charge in [0, 0.05) is 6.07 Å². The maximum absolute atomic E-state index is 10.5. The highest BCUT2D eigenvalue weighted by Crippen LogP contribution is 2.33. The SMILES string of the molecule is O=Cc1cn(-c2ccc3c(c2)OCO3)nn1. The van der Waals surface area contributed by atoms with Crippen LogP contribution in [0, 0.1) is 0 Å². The van der Waals surface area contributed by atoms with E-state index < -0.39 is 0 Å². The van der Waals surface area contributed by atoms with Gasteiger partial charge in [0.15, 0.2) is 17.8 Å². The van der Waals surface area contributed by atoms with Gasteiger partial charge in [-0.1, -0.05) is 5.21 Å². The molecule has 3 rings (SSSR count). The molecule has 6 heteroatoms. The molecule has 0 amide bonds. The third-order valence-corrected chi connectivity index (χ3v) is 2.25. The lowest BCUT2D eigenvalue weighted by molar-refractivity contribution is 0.111. The lowest BCUT2D eigenvalue weighted by Gasteiger charge is -2.01. The smallest absolute Gasteiger partial charge is 0.231 e. The van der Waals surface area contributed by atoms with Gasteiger partial charge in [0.1, 0.15) is 5.69 Å². The molecule has 1 aliphatic rings. The van der Waals surface area contributed by atoms with Crippen LogP contribution in [0.4, 0.5) is 0 Å². The van der Waals surface area contributed by atoms with E-state index in [0.29, 0.717) is 17.8 Å². The Kier molecular flexibility index (Phi) is 1.86. The second-order valence-corrected chi connectivity index (χ2v) is 3.24. The standard InChI is InChI=1S/C10H7N3O3/c14-5-7-4-13(12-11-7)8-1-2-9-10(3-8)16-6-15-9/h1-5H,6H2. The average Bonchev–Trinajstić information content (AvgIpc) is 2.96. The number of nitrogens with zero attached hydrogens (tertiary/aromatic N) is 3. The van der Waals surface area contributed by atoms with Crippen molar-refractivity contribution in [2.24, 2.45) is 0 Å². The number of aldehydes is 1. The van der Waals surface area contributed by atoms with E-state index >= 15 is 0 Å². The quantitative estimate of drug-likeness (QED) is 0.696. The van der Waals surface area contributed by atoms with E-state index in [2.05, 4.69) is 10.3 Å². The summed E-state index contributed by atoms with van der Waals surface area (Å²) in [6, 6.07) is 5.39. The molecule has 0 spiro atoms. The Bertz CT molecular complexity index is 550. The van der Waals surface area contributed by atoms with Crippen LogP contribution in [0.1, 0.15) is 10.5 Å². The van der Waals surface area contributed by atoms with E-state index in [-0.39, 0.29) is 12.5 Å². The Morgan fingerprint density at radius 3 is 3.00 bits per heavy atom. The minimum atomic E-state index is 0.232. The van der Waals surface area contributed by atoms with Gasteiger partial charge in [0.25, 0.3) is 0 Å². The van der Waals surface area contributed by atoms with Gasteiger partial charge >= 0.3 is 0 Å². The predicted molar refractivity (Wildman–Crippen MR) is 52.9 cm³/mol. The van der Waals surface area contributed by atoms with Gasteiger partial charge in [0.05, 0.1) is 11.9 Å². The van der Waals surface area contributed by atoms with Gasteiger partial charge in [-0.15, -0.1) is 5.10 Å². The zero-order chi connectivity index (χ0) is 11.0. The minimum absolute atomic E-state index is 0.232. The van der Waals surface area contributed by atoms with E-state index in [1.807, 2.05) is 6.07 Å². The lowest BCUT2D eigenvalue weighted by atomic mass is 10.3. The van der Waals surface area contributed by atoms with Crippen LogP contribution in [0.15, 0.2) is 24.4 Å². The summed E-state index contributed by atoms with van der Waals surface area (Å²) in [5, 5.41) is 7.50. The van der Waals surface area contributed by atoms with Gasteiger partial charge in [-0.25, -0.2) is 4.68 Å². The summed E-state index contributed by atoms with van der Waals surface area (Å²) in [5.41, 5.74) is 1.06. The monoisotopic (exact) mass is 217 g/mol. The zero-order valence-corrected chi connectivity index (χ0v) is 8.16. The first kappa shape index (κ1) is 8.90. The molecule has 16 heavy (non-hydrogen) atoms. The van der Waals surface area contributed by atoms with Crippen LogP contribution in [0.5, 0.6) is 11.5 Å². The van der Waals surface area contributed by atoms with Crippen molar-refractivity contribution in [1.29, 1.82) is 0 Å². The molecule has 0 unspecified atom stereocenters. The van der Waals surface area contributed by atoms with E-state index in [9.17, 15) is 4.79 Å². The van der Waals surface area contributed by atoms with E-state index in [1.165, 1.54) is 4.68 Å². The molecule has 1 aromatic heterocycles. The summed E-state index contributed by atoms with van der Waals surface area (Å²) in [7, 11) is 0. The molecule has 0 aliphatic carbocycles. The molecular formula is C10H7N3O3.